The van der Waals surface area contributed by atoms with Crippen molar-refractivity contribution in [2.24, 2.45) is 0 Å². The van der Waals surface area contributed by atoms with E-state index in [0.29, 0.717) is 33.8 Å². The number of nitrogens with one attached hydrogen (secondary N) is 1. The summed E-state index contributed by atoms with van der Waals surface area (Å²) in [6, 6.07) is 17.6. The van der Waals surface area contributed by atoms with Gasteiger partial charge in [-0.3, -0.25) is 9.78 Å². The first-order chi connectivity index (χ1) is 13.5. The summed E-state index contributed by atoms with van der Waals surface area (Å²) in [7, 11) is 0. The summed E-state index contributed by atoms with van der Waals surface area (Å²) in [4.78, 5) is 16.6. The van der Waals surface area contributed by atoms with Gasteiger partial charge in [0.25, 0.3) is 5.91 Å². The lowest BCUT2D eigenvalue weighted by Gasteiger charge is -2.16. The van der Waals surface area contributed by atoms with Crippen LogP contribution in [0.2, 0.25) is 10.0 Å². The lowest BCUT2D eigenvalue weighted by molar-refractivity contribution is -0.122. The normalized spacial score (nSPS) is 11.5. The molecule has 1 aromatic heterocycles. The number of benzene rings is 2. The van der Waals surface area contributed by atoms with Crippen LogP contribution in [0.15, 0.2) is 66.9 Å². The number of halogens is 2. The highest BCUT2D eigenvalue weighted by Gasteiger charge is 2.16. The van der Waals surface area contributed by atoms with E-state index < -0.39 is 6.10 Å². The van der Waals surface area contributed by atoms with Crippen LogP contribution in [0.4, 0.5) is 5.69 Å². The SMILES string of the molecule is C[C@@H](Oc1ccc(Cl)cc1Cl)C(=O)Nc1cccc(OCc2ccccn2)c1. The third-order valence-corrected chi connectivity index (χ3v) is 4.31. The van der Waals surface area contributed by atoms with Crippen LogP contribution in [0, 0.1) is 0 Å². The van der Waals surface area contributed by atoms with E-state index in [-0.39, 0.29) is 5.91 Å². The van der Waals surface area contributed by atoms with Gasteiger partial charge in [0.1, 0.15) is 18.1 Å². The minimum atomic E-state index is -0.753. The van der Waals surface area contributed by atoms with E-state index >= 15 is 0 Å². The molecule has 0 fully saturated rings. The number of hydrogen-bond donors (Lipinski definition) is 1. The molecule has 7 heteroatoms. The van der Waals surface area contributed by atoms with Gasteiger partial charge in [0.15, 0.2) is 6.10 Å². The van der Waals surface area contributed by atoms with Crippen LogP contribution >= 0.6 is 23.2 Å². The Bertz CT molecular complexity index is 951. The van der Waals surface area contributed by atoms with Crippen LogP contribution in [0.1, 0.15) is 12.6 Å². The molecule has 0 aliphatic heterocycles. The number of anilines is 1. The minimum Gasteiger partial charge on any atom is -0.487 e. The van der Waals surface area contributed by atoms with Crippen molar-refractivity contribution in [1.82, 2.24) is 4.98 Å². The molecule has 0 saturated carbocycles. The molecule has 2 aromatic carbocycles. The van der Waals surface area contributed by atoms with Crippen molar-refractivity contribution in [3.8, 4) is 11.5 Å². The van der Waals surface area contributed by atoms with Crippen molar-refractivity contribution in [2.75, 3.05) is 5.32 Å². The van der Waals surface area contributed by atoms with Crippen molar-refractivity contribution >= 4 is 34.8 Å². The number of nitrogens with zero attached hydrogens (tertiary/aromatic N) is 1. The van der Waals surface area contributed by atoms with E-state index in [4.69, 9.17) is 32.7 Å². The van der Waals surface area contributed by atoms with Crippen molar-refractivity contribution in [3.05, 3.63) is 82.6 Å². The molecular weight excluding hydrogens is 399 g/mol. The first-order valence-electron chi connectivity index (χ1n) is 8.56. The Kier molecular flexibility index (Phi) is 6.74. The molecular formula is C21H18Cl2N2O3. The largest absolute Gasteiger partial charge is 0.487 e. The summed E-state index contributed by atoms with van der Waals surface area (Å²) in [5.41, 5.74) is 1.42. The summed E-state index contributed by atoms with van der Waals surface area (Å²) >= 11 is 11.9. The summed E-state index contributed by atoms with van der Waals surface area (Å²) in [5.74, 6) is 0.701. The average Bonchev–Trinajstić information content (AvgIpc) is 2.69. The summed E-state index contributed by atoms with van der Waals surface area (Å²) in [5, 5.41) is 3.64. The first kappa shape index (κ1) is 20.0. The molecule has 28 heavy (non-hydrogen) atoms. The standard InChI is InChI=1S/C21H18Cl2N2O3/c1-14(28-20-9-8-15(22)11-19(20)23)21(26)25-16-6-4-7-18(12-16)27-13-17-5-2-3-10-24-17/h2-12,14H,13H2,1H3,(H,25,26)/t14-/m1/s1. The first-order valence-corrected chi connectivity index (χ1v) is 9.32. The molecule has 1 atom stereocenters. The molecule has 5 nitrogen and oxygen atoms in total. The van der Waals surface area contributed by atoms with Crippen LogP contribution in [0.5, 0.6) is 11.5 Å². The number of amides is 1. The van der Waals surface area contributed by atoms with Crippen molar-refractivity contribution in [1.29, 1.82) is 0 Å². The zero-order valence-electron chi connectivity index (χ0n) is 15.1. The highest BCUT2D eigenvalue weighted by molar-refractivity contribution is 6.35. The van der Waals surface area contributed by atoms with Crippen molar-refractivity contribution in [2.45, 2.75) is 19.6 Å². The smallest absolute Gasteiger partial charge is 0.265 e. The molecule has 144 valence electrons. The van der Waals surface area contributed by atoms with Crippen molar-refractivity contribution < 1.29 is 14.3 Å². The summed E-state index contributed by atoms with van der Waals surface area (Å²) in [6.07, 6.45) is 0.959. The minimum absolute atomic E-state index is 0.312. The van der Waals surface area contributed by atoms with E-state index in [9.17, 15) is 4.79 Å². The molecule has 1 heterocycles. The van der Waals surface area contributed by atoms with Gasteiger partial charge in [0.05, 0.1) is 10.7 Å². The Labute approximate surface area is 173 Å². The average molecular weight is 417 g/mol. The van der Waals surface area contributed by atoms with Gasteiger partial charge < -0.3 is 14.8 Å². The molecule has 0 aliphatic carbocycles. The van der Waals surface area contributed by atoms with Gasteiger partial charge in [-0.25, -0.2) is 0 Å². The highest BCUT2D eigenvalue weighted by atomic mass is 35.5. The molecule has 0 saturated heterocycles. The maximum atomic E-state index is 12.4. The maximum Gasteiger partial charge on any atom is 0.265 e. The van der Waals surface area contributed by atoms with Gasteiger partial charge in [-0.05, 0) is 49.4 Å². The fraction of sp³-hybridized carbons (Fsp3) is 0.143. The number of carbonyl (C=O) groups is 1. The predicted octanol–water partition coefficient (Wildman–Crippen LogP) is 5.37. The Morgan fingerprint density at radius 2 is 1.96 bits per heavy atom. The molecule has 1 N–H and O–H groups in total. The molecule has 3 aromatic rings. The van der Waals surface area contributed by atoms with Gasteiger partial charge in [0, 0.05) is 23.0 Å². The topological polar surface area (TPSA) is 60.5 Å². The second-order valence-electron chi connectivity index (χ2n) is 5.96. The molecule has 0 bridgehead atoms. The van der Waals surface area contributed by atoms with Gasteiger partial charge in [-0.15, -0.1) is 0 Å². The summed E-state index contributed by atoms with van der Waals surface area (Å²) in [6.45, 7) is 1.98. The van der Waals surface area contributed by atoms with E-state index in [0.717, 1.165) is 5.69 Å². The van der Waals surface area contributed by atoms with Crippen LogP contribution in [-0.2, 0) is 11.4 Å². The van der Waals surface area contributed by atoms with Gasteiger partial charge >= 0.3 is 0 Å². The second-order valence-corrected chi connectivity index (χ2v) is 6.81. The fourth-order valence-corrected chi connectivity index (χ4v) is 2.82. The van der Waals surface area contributed by atoms with Crippen molar-refractivity contribution in [3.63, 3.8) is 0 Å². The number of pyridine rings is 1. The Hall–Kier alpha value is -2.76. The number of aromatic nitrogens is 1. The summed E-state index contributed by atoms with van der Waals surface area (Å²) < 4.78 is 11.3. The van der Waals surface area contributed by atoms with E-state index in [2.05, 4.69) is 10.3 Å². The van der Waals surface area contributed by atoms with Crippen LogP contribution < -0.4 is 14.8 Å². The maximum absolute atomic E-state index is 12.4. The van der Waals surface area contributed by atoms with E-state index in [1.54, 1.807) is 49.5 Å². The molecule has 3 rings (SSSR count). The number of hydrogen-bond acceptors (Lipinski definition) is 4. The lowest BCUT2D eigenvalue weighted by atomic mass is 10.2. The number of carbonyl (C=O) groups excluding carboxylic acids is 1. The van der Waals surface area contributed by atoms with Crippen LogP contribution in [0.25, 0.3) is 0 Å². The lowest BCUT2D eigenvalue weighted by Crippen LogP contribution is -2.30. The molecule has 0 unspecified atom stereocenters. The zero-order valence-corrected chi connectivity index (χ0v) is 16.6. The number of ether oxygens (including phenoxy) is 2. The van der Waals surface area contributed by atoms with E-state index in [1.165, 1.54) is 0 Å². The second kappa shape index (κ2) is 9.44. The predicted molar refractivity (Wildman–Crippen MR) is 110 cm³/mol. The zero-order chi connectivity index (χ0) is 19.9. The fourth-order valence-electron chi connectivity index (χ4n) is 2.36. The Morgan fingerprint density at radius 1 is 1.11 bits per heavy atom. The van der Waals surface area contributed by atoms with E-state index in [1.807, 2.05) is 24.3 Å². The van der Waals surface area contributed by atoms with Crippen LogP contribution in [-0.4, -0.2) is 17.0 Å². The van der Waals surface area contributed by atoms with Crippen LogP contribution in [0.3, 0.4) is 0 Å². The molecule has 0 spiro atoms. The quantitative estimate of drug-likeness (QED) is 0.561. The Balaban J connectivity index is 1.58. The number of rotatable bonds is 7. The van der Waals surface area contributed by atoms with Gasteiger partial charge in [0.2, 0.25) is 0 Å². The third-order valence-electron chi connectivity index (χ3n) is 3.78. The molecule has 1 amide bonds. The van der Waals surface area contributed by atoms with Gasteiger partial charge in [-0.2, -0.15) is 0 Å². The molecule has 0 radical (unpaired) electrons. The Morgan fingerprint density at radius 3 is 2.71 bits per heavy atom. The highest BCUT2D eigenvalue weighted by Crippen LogP contribution is 2.28. The monoisotopic (exact) mass is 416 g/mol. The third kappa shape index (κ3) is 5.62. The molecule has 0 aliphatic rings. The van der Waals surface area contributed by atoms with Gasteiger partial charge in [-0.1, -0.05) is 35.3 Å².